The van der Waals surface area contributed by atoms with Crippen LogP contribution >= 0.6 is 23.5 Å². The first-order chi connectivity index (χ1) is 11.4. The van der Waals surface area contributed by atoms with Crippen molar-refractivity contribution in [3.63, 3.8) is 0 Å². The lowest BCUT2D eigenvalue weighted by Gasteiger charge is -2.17. The van der Waals surface area contributed by atoms with Gasteiger partial charge >= 0.3 is 6.03 Å². The van der Waals surface area contributed by atoms with Crippen LogP contribution in [0.15, 0.2) is 29.2 Å². The van der Waals surface area contributed by atoms with Crippen LogP contribution in [0.3, 0.4) is 0 Å². The van der Waals surface area contributed by atoms with Crippen molar-refractivity contribution < 1.29 is 18.8 Å². The summed E-state index contributed by atoms with van der Waals surface area (Å²) in [5.41, 5.74) is 9.47. The predicted molar refractivity (Wildman–Crippen MR) is 92.9 cm³/mol. The molecule has 0 aliphatic rings. The van der Waals surface area contributed by atoms with Gasteiger partial charge in [0, 0.05) is 4.90 Å². The Morgan fingerprint density at radius 1 is 1.25 bits per heavy atom. The van der Waals surface area contributed by atoms with Crippen LogP contribution < -0.4 is 21.9 Å². The lowest BCUT2D eigenvalue weighted by atomic mass is 10.2. The van der Waals surface area contributed by atoms with Gasteiger partial charge in [0.1, 0.15) is 11.9 Å². The van der Waals surface area contributed by atoms with Gasteiger partial charge in [0.25, 0.3) is 5.91 Å². The molecule has 1 aromatic rings. The van der Waals surface area contributed by atoms with Gasteiger partial charge in [0.05, 0.1) is 5.75 Å². The summed E-state index contributed by atoms with van der Waals surface area (Å²) in [7, 11) is 0. The molecule has 0 aromatic heterocycles. The second-order valence-corrected chi connectivity index (χ2v) is 6.60. The zero-order valence-electron chi connectivity index (χ0n) is 13.0. The van der Waals surface area contributed by atoms with Gasteiger partial charge in [-0.05, 0) is 30.6 Å². The van der Waals surface area contributed by atoms with Crippen molar-refractivity contribution >= 4 is 41.4 Å². The van der Waals surface area contributed by atoms with Crippen LogP contribution in [0.1, 0.15) is 6.42 Å². The average Bonchev–Trinajstić information content (AvgIpc) is 2.55. The number of benzene rings is 1. The Morgan fingerprint density at radius 2 is 1.96 bits per heavy atom. The molecule has 4 amide bonds. The zero-order valence-corrected chi connectivity index (χ0v) is 14.6. The van der Waals surface area contributed by atoms with E-state index in [1.807, 2.05) is 6.26 Å². The van der Waals surface area contributed by atoms with Crippen molar-refractivity contribution in [2.24, 2.45) is 5.73 Å². The molecule has 1 rings (SSSR count). The van der Waals surface area contributed by atoms with E-state index in [4.69, 9.17) is 5.73 Å². The van der Waals surface area contributed by atoms with Gasteiger partial charge in [-0.15, -0.1) is 11.8 Å². The van der Waals surface area contributed by atoms with Crippen LogP contribution in [0.2, 0.25) is 0 Å². The molecule has 10 heteroatoms. The third kappa shape index (κ3) is 7.55. The summed E-state index contributed by atoms with van der Waals surface area (Å²) in [6.07, 6.45) is 2.23. The summed E-state index contributed by atoms with van der Waals surface area (Å²) in [5.74, 6) is -0.927. The fourth-order valence-corrected chi connectivity index (χ4v) is 2.85. The van der Waals surface area contributed by atoms with Gasteiger partial charge in [-0.3, -0.25) is 20.4 Å². The highest BCUT2D eigenvalue weighted by Crippen LogP contribution is 2.20. The molecule has 0 radical (unpaired) electrons. The maximum absolute atomic E-state index is 13.4. The highest BCUT2D eigenvalue weighted by molar-refractivity contribution is 8.00. The Labute approximate surface area is 147 Å². The van der Waals surface area contributed by atoms with Gasteiger partial charge in [-0.1, -0.05) is 12.1 Å². The number of nitrogens with two attached hydrogens (primary N) is 1. The predicted octanol–water partition coefficient (Wildman–Crippen LogP) is 0.855. The van der Waals surface area contributed by atoms with Crippen LogP contribution in [0, 0.1) is 5.82 Å². The minimum absolute atomic E-state index is 0.0695. The minimum Gasteiger partial charge on any atom is -0.352 e. The molecule has 0 unspecified atom stereocenters. The van der Waals surface area contributed by atoms with Crippen molar-refractivity contribution in [2.75, 3.05) is 17.8 Å². The van der Waals surface area contributed by atoms with E-state index in [1.54, 1.807) is 18.2 Å². The first-order valence-electron chi connectivity index (χ1n) is 6.95. The van der Waals surface area contributed by atoms with Gasteiger partial charge in [0.15, 0.2) is 0 Å². The smallest absolute Gasteiger partial charge is 0.312 e. The number of hydrogen-bond acceptors (Lipinski definition) is 5. The maximum atomic E-state index is 13.4. The lowest BCUT2D eigenvalue weighted by molar-refractivity contribution is -0.128. The van der Waals surface area contributed by atoms with Gasteiger partial charge < -0.3 is 11.1 Å². The lowest BCUT2D eigenvalue weighted by Crippen LogP contribution is -2.53. The number of nitrogens with one attached hydrogen (secondary N) is 3. The minimum atomic E-state index is -0.838. The van der Waals surface area contributed by atoms with Crippen molar-refractivity contribution in [3.05, 3.63) is 30.1 Å². The fraction of sp³-hybridized carbons (Fsp3) is 0.357. The Hall–Kier alpha value is -1.94. The molecule has 0 saturated carbocycles. The zero-order chi connectivity index (χ0) is 17.9. The SMILES string of the molecule is CSCC[C@H](NC(N)=O)C(=O)NNC(=O)CSc1ccccc1F. The molecule has 7 nitrogen and oxygen atoms in total. The van der Waals surface area contributed by atoms with Crippen molar-refractivity contribution in [1.82, 2.24) is 16.2 Å². The highest BCUT2D eigenvalue weighted by Gasteiger charge is 2.19. The average molecular weight is 374 g/mol. The van der Waals surface area contributed by atoms with Crippen LogP contribution in [0.25, 0.3) is 0 Å². The van der Waals surface area contributed by atoms with Crippen molar-refractivity contribution in [3.8, 4) is 0 Å². The number of amides is 4. The maximum Gasteiger partial charge on any atom is 0.312 e. The van der Waals surface area contributed by atoms with Crippen molar-refractivity contribution in [1.29, 1.82) is 0 Å². The molecule has 0 heterocycles. The van der Waals surface area contributed by atoms with Crippen LogP contribution in [-0.2, 0) is 9.59 Å². The van der Waals surface area contributed by atoms with E-state index >= 15 is 0 Å². The molecule has 0 aliphatic carbocycles. The fourth-order valence-electron chi connectivity index (χ4n) is 1.64. The molecule has 0 bridgehead atoms. The Balaban J connectivity index is 2.42. The highest BCUT2D eigenvalue weighted by atomic mass is 32.2. The Bertz CT molecular complexity index is 589. The number of primary amides is 1. The number of hydrogen-bond donors (Lipinski definition) is 4. The van der Waals surface area contributed by atoms with Crippen LogP contribution in [0.5, 0.6) is 0 Å². The van der Waals surface area contributed by atoms with Gasteiger partial charge in [-0.25, -0.2) is 9.18 Å². The molecule has 132 valence electrons. The molecule has 0 saturated heterocycles. The summed E-state index contributed by atoms with van der Waals surface area (Å²) >= 11 is 2.52. The second-order valence-electron chi connectivity index (χ2n) is 4.60. The quantitative estimate of drug-likeness (QED) is 0.398. The molecule has 0 fully saturated rings. The number of thioether (sulfide) groups is 2. The molecule has 1 aromatic carbocycles. The number of carbonyl (C=O) groups is 3. The largest absolute Gasteiger partial charge is 0.352 e. The number of halogens is 1. The monoisotopic (exact) mass is 374 g/mol. The third-order valence-electron chi connectivity index (χ3n) is 2.76. The normalized spacial score (nSPS) is 11.4. The first kappa shape index (κ1) is 20.1. The second kappa shape index (κ2) is 10.8. The molecule has 0 aliphatic heterocycles. The van der Waals surface area contributed by atoms with E-state index in [0.29, 0.717) is 17.1 Å². The molecule has 5 N–H and O–H groups in total. The van der Waals surface area contributed by atoms with E-state index in [2.05, 4.69) is 16.2 Å². The standard InChI is InChI=1S/C14H19FN4O3S2/c1-23-7-6-10(17-14(16)22)13(21)19-18-12(20)8-24-11-5-3-2-4-9(11)15/h2-5,10H,6-8H2,1H3,(H,18,20)(H,19,21)(H3,16,17,22)/t10-/m0/s1. The summed E-state index contributed by atoms with van der Waals surface area (Å²) in [5, 5.41) is 2.31. The van der Waals surface area contributed by atoms with Crippen LogP contribution in [0.4, 0.5) is 9.18 Å². The number of rotatable bonds is 8. The number of urea groups is 1. The Morgan fingerprint density at radius 3 is 2.58 bits per heavy atom. The number of carbonyl (C=O) groups excluding carboxylic acids is 3. The summed E-state index contributed by atoms with van der Waals surface area (Å²) in [6, 6.07) is 4.42. The van der Waals surface area contributed by atoms with E-state index in [1.165, 1.54) is 17.8 Å². The molecular weight excluding hydrogens is 355 g/mol. The van der Waals surface area contributed by atoms with E-state index in [0.717, 1.165) is 11.8 Å². The topological polar surface area (TPSA) is 113 Å². The summed E-state index contributed by atoms with van der Waals surface area (Å²) in [4.78, 5) is 34.9. The van der Waals surface area contributed by atoms with Gasteiger partial charge in [0.2, 0.25) is 5.91 Å². The molecular formula is C14H19FN4O3S2. The van der Waals surface area contributed by atoms with Crippen molar-refractivity contribution in [2.45, 2.75) is 17.4 Å². The summed E-state index contributed by atoms with van der Waals surface area (Å²) < 4.78 is 13.4. The van der Waals surface area contributed by atoms with E-state index < -0.39 is 29.7 Å². The molecule has 0 spiro atoms. The number of hydrazine groups is 1. The van der Waals surface area contributed by atoms with Gasteiger partial charge in [-0.2, -0.15) is 11.8 Å². The molecule has 1 atom stereocenters. The summed E-state index contributed by atoms with van der Waals surface area (Å²) in [6.45, 7) is 0. The third-order valence-corrected chi connectivity index (χ3v) is 4.46. The van der Waals surface area contributed by atoms with Crippen LogP contribution in [-0.4, -0.2) is 41.6 Å². The molecule has 24 heavy (non-hydrogen) atoms. The first-order valence-corrected chi connectivity index (χ1v) is 9.33. The van der Waals surface area contributed by atoms with E-state index in [9.17, 15) is 18.8 Å². The Kier molecular flexibility index (Phi) is 9.02. The van der Waals surface area contributed by atoms with E-state index in [-0.39, 0.29) is 5.75 Å².